The van der Waals surface area contributed by atoms with Gasteiger partial charge in [0.1, 0.15) is 16.3 Å². The van der Waals surface area contributed by atoms with Gasteiger partial charge in [-0.15, -0.1) is 4.47 Å². The highest BCUT2D eigenvalue weighted by molar-refractivity contribution is 7.82. The van der Waals surface area contributed by atoms with Gasteiger partial charge in [-0.3, -0.25) is 14.4 Å². The van der Waals surface area contributed by atoms with E-state index < -0.39 is 21.8 Å². The molecule has 1 heterocycles. The maximum Gasteiger partial charge on any atom is 0.253 e. The van der Waals surface area contributed by atoms with Crippen molar-refractivity contribution < 1.29 is 18.9 Å². The van der Waals surface area contributed by atoms with E-state index in [9.17, 15) is 18.9 Å². The summed E-state index contributed by atoms with van der Waals surface area (Å²) in [7, 11) is -0.369. The Morgan fingerprint density at radius 1 is 1.30 bits per heavy atom. The first-order valence-corrected chi connectivity index (χ1v) is 11.1. The van der Waals surface area contributed by atoms with Gasteiger partial charge in [-0.2, -0.15) is 0 Å². The van der Waals surface area contributed by atoms with Crippen LogP contribution in [-0.4, -0.2) is 46.2 Å². The van der Waals surface area contributed by atoms with Gasteiger partial charge in [0, 0.05) is 13.2 Å². The lowest BCUT2D eigenvalue weighted by Gasteiger charge is -2.26. The molecule has 3 atom stereocenters. The quantitative estimate of drug-likeness (QED) is 0.294. The van der Waals surface area contributed by atoms with Crippen LogP contribution in [0.2, 0.25) is 0 Å². The van der Waals surface area contributed by atoms with Gasteiger partial charge in [-0.25, -0.2) is 4.21 Å². The van der Waals surface area contributed by atoms with Crippen LogP contribution in [0.5, 0.6) is 5.75 Å². The summed E-state index contributed by atoms with van der Waals surface area (Å²) >= 11 is 0. The van der Waals surface area contributed by atoms with Gasteiger partial charge >= 0.3 is 0 Å². The molecule has 3 rings (SSSR count). The maximum absolute atomic E-state index is 12.6. The standard InChI is InChI=1S/C20H27N3O6S/c1-4-12(14-9-7-11-29-14)21-16-17(20(26)19(16)25)22-13-8-6-10-15(18(13)24)30(27)23(5-2)28-3/h6,8,10,12,14,21-22,24H,4-5,7,9,11H2,1-3H3/t12-,14+,30?/m1/s1. The van der Waals surface area contributed by atoms with Crippen LogP contribution in [0.3, 0.4) is 0 Å². The van der Waals surface area contributed by atoms with E-state index in [-0.39, 0.29) is 39.9 Å². The van der Waals surface area contributed by atoms with E-state index in [1.54, 1.807) is 13.0 Å². The molecule has 0 amide bonds. The van der Waals surface area contributed by atoms with E-state index in [0.717, 1.165) is 19.3 Å². The molecule has 0 aromatic heterocycles. The first-order valence-electron chi connectivity index (χ1n) is 9.96. The molecule has 164 valence electrons. The summed E-state index contributed by atoms with van der Waals surface area (Å²) in [5.74, 6) is -0.281. The summed E-state index contributed by atoms with van der Waals surface area (Å²) in [6.45, 7) is 4.78. The molecule has 10 heteroatoms. The Balaban J connectivity index is 1.85. The third kappa shape index (κ3) is 4.27. The van der Waals surface area contributed by atoms with Crippen LogP contribution >= 0.6 is 0 Å². The molecule has 30 heavy (non-hydrogen) atoms. The van der Waals surface area contributed by atoms with Crippen molar-refractivity contribution in [1.29, 1.82) is 0 Å². The average molecular weight is 438 g/mol. The third-order valence-electron chi connectivity index (χ3n) is 5.19. The number of nitrogens with zero attached hydrogens (tertiary/aromatic N) is 1. The number of phenolic OH excluding ortho intramolecular Hbond substituents is 1. The molecule has 9 nitrogen and oxygen atoms in total. The van der Waals surface area contributed by atoms with Crippen molar-refractivity contribution in [2.24, 2.45) is 0 Å². The van der Waals surface area contributed by atoms with Gasteiger partial charge < -0.3 is 20.5 Å². The highest BCUT2D eigenvalue weighted by Crippen LogP contribution is 2.34. The molecular formula is C20H27N3O6S. The van der Waals surface area contributed by atoms with Crippen molar-refractivity contribution in [2.75, 3.05) is 30.9 Å². The topological polar surface area (TPSA) is 117 Å². The number of hydrogen-bond acceptors (Lipinski definition) is 8. The zero-order chi connectivity index (χ0) is 21.8. The molecule has 0 spiro atoms. The zero-order valence-corrected chi connectivity index (χ0v) is 18.1. The Kier molecular flexibility index (Phi) is 7.24. The minimum absolute atomic E-state index is 0.0134. The summed E-state index contributed by atoms with van der Waals surface area (Å²) in [4.78, 5) is 29.5. The summed E-state index contributed by atoms with van der Waals surface area (Å²) in [5, 5.41) is 16.6. The van der Waals surface area contributed by atoms with Crippen LogP contribution in [-0.2, 0) is 20.6 Å². The highest BCUT2D eigenvalue weighted by atomic mass is 32.2. The van der Waals surface area contributed by atoms with Crippen LogP contribution in [0.25, 0.3) is 0 Å². The van der Waals surface area contributed by atoms with E-state index in [2.05, 4.69) is 10.6 Å². The molecule has 0 radical (unpaired) electrons. The smallest absolute Gasteiger partial charge is 0.253 e. The predicted molar refractivity (Wildman–Crippen MR) is 115 cm³/mol. The molecule has 1 aliphatic heterocycles. The minimum Gasteiger partial charge on any atom is -0.505 e. The zero-order valence-electron chi connectivity index (χ0n) is 17.3. The van der Waals surface area contributed by atoms with Crippen LogP contribution < -0.4 is 21.5 Å². The number of aromatic hydroxyl groups is 1. The average Bonchev–Trinajstić information content (AvgIpc) is 3.29. The van der Waals surface area contributed by atoms with Gasteiger partial charge in [-0.1, -0.05) is 13.0 Å². The normalized spacial score (nSPS) is 18.6. The molecule has 3 N–H and O–H groups in total. The van der Waals surface area contributed by atoms with E-state index >= 15 is 0 Å². The first kappa shape index (κ1) is 22.4. The Labute approximate surface area is 177 Å². The monoisotopic (exact) mass is 437 g/mol. The van der Waals surface area contributed by atoms with Gasteiger partial charge in [0.05, 0.1) is 24.9 Å². The second-order valence-corrected chi connectivity index (χ2v) is 8.32. The molecule has 1 fully saturated rings. The Hall–Kier alpha value is -2.27. The second-order valence-electron chi connectivity index (χ2n) is 6.98. The van der Waals surface area contributed by atoms with Crippen LogP contribution in [0.4, 0.5) is 17.1 Å². The summed E-state index contributed by atoms with van der Waals surface area (Å²) in [6, 6.07) is 4.54. The predicted octanol–water partition coefficient (Wildman–Crippen LogP) is 2.01. The number of nitrogens with one attached hydrogen (secondary N) is 2. The lowest BCUT2D eigenvalue weighted by Crippen LogP contribution is -2.42. The third-order valence-corrected chi connectivity index (χ3v) is 6.67. The first-order chi connectivity index (χ1) is 14.4. The molecular weight excluding hydrogens is 410 g/mol. The van der Waals surface area contributed by atoms with E-state index in [0.29, 0.717) is 13.2 Å². The summed E-state index contributed by atoms with van der Waals surface area (Å²) in [5.41, 5.74) is -0.843. The molecule has 1 saturated heterocycles. The minimum atomic E-state index is -1.76. The summed E-state index contributed by atoms with van der Waals surface area (Å²) < 4.78 is 19.5. The fraction of sp³-hybridized carbons (Fsp3) is 0.500. The molecule has 1 unspecified atom stereocenters. The molecule has 0 bridgehead atoms. The van der Waals surface area contributed by atoms with E-state index in [1.807, 2.05) is 6.92 Å². The molecule has 2 aromatic carbocycles. The van der Waals surface area contributed by atoms with E-state index in [1.165, 1.54) is 23.7 Å². The van der Waals surface area contributed by atoms with Crippen molar-refractivity contribution in [3.05, 3.63) is 38.6 Å². The SMILES string of the molecule is CC[C@@H](Nc1c(Nc2cccc(S(=O)N(CC)OC)c2O)c(=O)c1=O)[C@@H]1CCCO1. The number of hydroxylamine groups is 1. The van der Waals surface area contributed by atoms with Gasteiger partial charge in [0.2, 0.25) is 0 Å². The fourth-order valence-electron chi connectivity index (χ4n) is 3.53. The molecule has 2 aromatic rings. The van der Waals surface area contributed by atoms with Crippen molar-refractivity contribution in [2.45, 2.75) is 50.2 Å². The number of ether oxygens (including phenoxy) is 1. The number of benzene rings is 1. The van der Waals surface area contributed by atoms with E-state index in [4.69, 9.17) is 9.57 Å². The number of phenols is 1. The van der Waals surface area contributed by atoms with Crippen molar-refractivity contribution in [1.82, 2.24) is 4.47 Å². The number of rotatable bonds is 10. The maximum atomic E-state index is 12.6. The molecule has 1 aliphatic rings. The Morgan fingerprint density at radius 2 is 2.03 bits per heavy atom. The lowest BCUT2D eigenvalue weighted by molar-refractivity contribution is -0.0391. The van der Waals surface area contributed by atoms with Crippen molar-refractivity contribution in [3.8, 4) is 5.75 Å². The van der Waals surface area contributed by atoms with Gasteiger partial charge in [0.25, 0.3) is 10.9 Å². The number of hydrogen-bond donors (Lipinski definition) is 3. The Morgan fingerprint density at radius 3 is 2.63 bits per heavy atom. The second kappa shape index (κ2) is 9.69. The molecule has 0 saturated carbocycles. The van der Waals surface area contributed by atoms with Crippen LogP contribution in [0.1, 0.15) is 33.1 Å². The fourth-order valence-corrected chi connectivity index (χ4v) is 4.59. The van der Waals surface area contributed by atoms with Crippen LogP contribution in [0.15, 0.2) is 32.7 Å². The van der Waals surface area contributed by atoms with Crippen molar-refractivity contribution in [3.63, 3.8) is 0 Å². The number of anilines is 3. The highest BCUT2D eigenvalue weighted by Gasteiger charge is 2.30. The van der Waals surface area contributed by atoms with Crippen LogP contribution in [0, 0.1) is 0 Å². The van der Waals surface area contributed by atoms with Gasteiger partial charge in [-0.05, 0) is 38.3 Å². The van der Waals surface area contributed by atoms with Crippen molar-refractivity contribution >= 4 is 28.0 Å². The number of para-hydroxylation sites is 1. The largest absolute Gasteiger partial charge is 0.505 e. The Bertz CT molecular complexity index is 978. The molecule has 0 aliphatic carbocycles. The summed E-state index contributed by atoms with van der Waals surface area (Å²) in [6.07, 6.45) is 2.58. The lowest BCUT2D eigenvalue weighted by atomic mass is 10.0. The van der Waals surface area contributed by atoms with Gasteiger partial charge in [0.15, 0.2) is 16.7 Å².